The highest BCUT2D eigenvalue weighted by Crippen LogP contribution is 2.29. The number of H-pyrrole nitrogens is 1. The van der Waals surface area contributed by atoms with Crippen molar-refractivity contribution in [1.82, 2.24) is 20.1 Å². The molecule has 1 amide bonds. The van der Waals surface area contributed by atoms with Gasteiger partial charge in [-0.3, -0.25) is 9.89 Å². The van der Waals surface area contributed by atoms with E-state index in [2.05, 4.69) is 15.2 Å². The molecule has 124 valence electrons. The van der Waals surface area contributed by atoms with Crippen molar-refractivity contribution in [2.75, 3.05) is 20.2 Å². The van der Waals surface area contributed by atoms with Gasteiger partial charge in [0.05, 0.1) is 28.3 Å². The zero-order chi connectivity index (χ0) is 17.1. The first-order valence-electron chi connectivity index (χ1n) is 7.52. The van der Waals surface area contributed by atoms with E-state index in [4.69, 9.17) is 21.6 Å². The predicted molar refractivity (Wildman–Crippen MR) is 86.6 cm³/mol. The lowest BCUT2D eigenvalue weighted by Gasteiger charge is -2.24. The maximum atomic E-state index is 12.7. The van der Waals surface area contributed by atoms with Crippen LogP contribution in [0.5, 0.6) is 0 Å². The van der Waals surface area contributed by atoms with Crippen molar-refractivity contribution in [3.8, 4) is 6.07 Å². The molecule has 2 heterocycles. The molecule has 1 N–H and O–H groups in total. The van der Waals surface area contributed by atoms with E-state index in [1.54, 1.807) is 24.1 Å². The summed E-state index contributed by atoms with van der Waals surface area (Å²) in [5.74, 6) is 0.593. The minimum atomic E-state index is -0.246. The SMILES string of the molecule is CN(C[C@H]1OCC[C@H]1c1ncn[nH]1)C(=O)c1cc(C#N)ccc1Cl. The standard InChI is InChI=1S/C16H16ClN5O2/c1-22(16(23)12-6-10(7-18)2-3-13(12)17)8-14-11(4-5-24-14)15-19-9-20-21-15/h2-3,6,9,11,14H,4-5,8H2,1H3,(H,19,20,21)/t11-,14-/m1/s1. The molecule has 0 bridgehead atoms. The van der Waals surface area contributed by atoms with Crippen LogP contribution in [0.1, 0.15) is 34.1 Å². The largest absolute Gasteiger partial charge is 0.376 e. The Bertz CT molecular complexity index is 771. The number of benzene rings is 1. The number of hydrogen-bond acceptors (Lipinski definition) is 5. The van der Waals surface area contributed by atoms with Gasteiger partial charge < -0.3 is 9.64 Å². The second kappa shape index (κ2) is 6.99. The molecule has 0 spiro atoms. The molecule has 1 aliphatic rings. The summed E-state index contributed by atoms with van der Waals surface area (Å²) >= 11 is 6.11. The van der Waals surface area contributed by atoms with E-state index < -0.39 is 0 Å². The van der Waals surface area contributed by atoms with Gasteiger partial charge in [0.25, 0.3) is 5.91 Å². The zero-order valence-electron chi connectivity index (χ0n) is 13.1. The molecule has 1 saturated heterocycles. The molecule has 0 saturated carbocycles. The lowest BCUT2D eigenvalue weighted by molar-refractivity contribution is 0.0550. The van der Waals surface area contributed by atoms with Gasteiger partial charge in [0, 0.05) is 26.1 Å². The van der Waals surface area contributed by atoms with Gasteiger partial charge in [0.15, 0.2) is 0 Å². The summed E-state index contributed by atoms with van der Waals surface area (Å²) in [7, 11) is 1.69. The van der Waals surface area contributed by atoms with Crippen LogP contribution in [0.25, 0.3) is 0 Å². The fourth-order valence-corrected chi connectivity index (χ4v) is 3.05. The van der Waals surface area contributed by atoms with Crippen molar-refractivity contribution in [2.24, 2.45) is 0 Å². The van der Waals surface area contributed by atoms with Gasteiger partial charge in [0.2, 0.25) is 0 Å². The first-order valence-corrected chi connectivity index (χ1v) is 7.90. The number of ether oxygens (including phenoxy) is 1. The molecule has 0 radical (unpaired) electrons. The van der Waals surface area contributed by atoms with Crippen LogP contribution in [-0.2, 0) is 4.74 Å². The van der Waals surface area contributed by atoms with Crippen molar-refractivity contribution >= 4 is 17.5 Å². The van der Waals surface area contributed by atoms with Crippen molar-refractivity contribution in [1.29, 1.82) is 5.26 Å². The predicted octanol–water partition coefficient (Wildman–Crippen LogP) is 1.97. The minimum absolute atomic E-state index is 0.0728. The average Bonchev–Trinajstić information content (AvgIpc) is 3.25. The molecule has 2 aromatic rings. The molecule has 1 aliphatic heterocycles. The molecule has 1 aromatic heterocycles. The van der Waals surface area contributed by atoms with E-state index in [0.29, 0.717) is 29.3 Å². The van der Waals surface area contributed by atoms with Crippen molar-refractivity contribution in [2.45, 2.75) is 18.4 Å². The molecule has 2 atom stereocenters. The quantitative estimate of drug-likeness (QED) is 0.914. The maximum absolute atomic E-state index is 12.7. The summed E-state index contributed by atoms with van der Waals surface area (Å²) in [5.41, 5.74) is 0.709. The third-order valence-corrected chi connectivity index (χ3v) is 4.45. The monoisotopic (exact) mass is 345 g/mol. The van der Waals surface area contributed by atoms with Crippen LogP contribution in [0.2, 0.25) is 5.02 Å². The molecule has 24 heavy (non-hydrogen) atoms. The number of aromatic amines is 1. The van der Waals surface area contributed by atoms with Gasteiger partial charge in [-0.15, -0.1) is 0 Å². The van der Waals surface area contributed by atoms with E-state index >= 15 is 0 Å². The topological polar surface area (TPSA) is 94.9 Å². The summed E-state index contributed by atoms with van der Waals surface area (Å²) in [5, 5.41) is 16.1. The van der Waals surface area contributed by atoms with E-state index in [1.807, 2.05) is 6.07 Å². The third kappa shape index (κ3) is 3.25. The fraction of sp³-hybridized carbons (Fsp3) is 0.375. The second-order valence-electron chi connectivity index (χ2n) is 5.67. The average molecular weight is 346 g/mol. The van der Waals surface area contributed by atoms with Gasteiger partial charge in [-0.2, -0.15) is 10.4 Å². The van der Waals surface area contributed by atoms with Crippen LogP contribution < -0.4 is 0 Å². The summed E-state index contributed by atoms with van der Waals surface area (Å²) in [6.07, 6.45) is 2.13. The first kappa shape index (κ1) is 16.4. The Kier molecular flexibility index (Phi) is 4.79. The number of hydrogen-bond donors (Lipinski definition) is 1. The van der Waals surface area contributed by atoms with Gasteiger partial charge in [-0.05, 0) is 24.6 Å². The maximum Gasteiger partial charge on any atom is 0.255 e. The summed E-state index contributed by atoms with van der Waals surface area (Å²) in [4.78, 5) is 18.4. The molecule has 8 heteroatoms. The van der Waals surface area contributed by atoms with Crippen molar-refractivity contribution < 1.29 is 9.53 Å². The highest BCUT2D eigenvalue weighted by molar-refractivity contribution is 6.33. The minimum Gasteiger partial charge on any atom is -0.376 e. The van der Waals surface area contributed by atoms with Crippen LogP contribution in [-0.4, -0.2) is 52.3 Å². The van der Waals surface area contributed by atoms with Gasteiger partial charge >= 0.3 is 0 Å². The van der Waals surface area contributed by atoms with E-state index in [0.717, 1.165) is 12.2 Å². The normalized spacial score (nSPS) is 19.9. The van der Waals surface area contributed by atoms with E-state index in [9.17, 15) is 4.79 Å². The molecule has 1 fully saturated rings. The molecule has 3 rings (SSSR count). The Morgan fingerprint density at radius 3 is 3.12 bits per heavy atom. The van der Waals surface area contributed by atoms with Gasteiger partial charge in [-0.25, -0.2) is 4.98 Å². The number of likely N-dealkylation sites (N-methyl/N-ethyl adjacent to an activating group) is 1. The highest BCUT2D eigenvalue weighted by atomic mass is 35.5. The summed E-state index contributed by atoms with van der Waals surface area (Å²) in [6.45, 7) is 1.01. The number of carbonyl (C=O) groups is 1. The lowest BCUT2D eigenvalue weighted by atomic mass is 10.00. The van der Waals surface area contributed by atoms with Crippen LogP contribution in [0, 0.1) is 11.3 Å². The number of halogens is 1. The van der Waals surface area contributed by atoms with Crippen LogP contribution >= 0.6 is 11.6 Å². The van der Waals surface area contributed by atoms with Crippen LogP contribution in [0.15, 0.2) is 24.5 Å². The smallest absolute Gasteiger partial charge is 0.255 e. The third-order valence-electron chi connectivity index (χ3n) is 4.12. The Morgan fingerprint density at radius 1 is 1.58 bits per heavy atom. The van der Waals surface area contributed by atoms with E-state index in [1.165, 1.54) is 12.4 Å². The van der Waals surface area contributed by atoms with E-state index in [-0.39, 0.29) is 17.9 Å². The molecule has 0 unspecified atom stereocenters. The number of amides is 1. The zero-order valence-corrected chi connectivity index (χ0v) is 13.8. The highest BCUT2D eigenvalue weighted by Gasteiger charge is 2.33. The molecule has 1 aromatic carbocycles. The molecular weight excluding hydrogens is 330 g/mol. The number of aromatic nitrogens is 3. The van der Waals surface area contributed by atoms with Crippen LogP contribution in [0.4, 0.5) is 0 Å². The van der Waals surface area contributed by atoms with Crippen LogP contribution in [0.3, 0.4) is 0 Å². The summed E-state index contributed by atoms with van der Waals surface area (Å²) in [6, 6.07) is 6.66. The van der Waals surface area contributed by atoms with Crippen molar-refractivity contribution in [3.05, 3.63) is 46.5 Å². The number of nitrogens with one attached hydrogen (secondary N) is 1. The number of rotatable bonds is 4. The Balaban J connectivity index is 1.74. The Labute approximate surface area is 144 Å². The Morgan fingerprint density at radius 2 is 2.42 bits per heavy atom. The number of nitriles is 1. The van der Waals surface area contributed by atoms with Gasteiger partial charge in [-0.1, -0.05) is 11.6 Å². The van der Waals surface area contributed by atoms with Crippen molar-refractivity contribution in [3.63, 3.8) is 0 Å². The summed E-state index contributed by atoms with van der Waals surface area (Å²) < 4.78 is 5.75. The molecule has 7 nitrogen and oxygen atoms in total. The second-order valence-corrected chi connectivity index (χ2v) is 6.07. The number of carbonyl (C=O) groups excluding carboxylic acids is 1. The van der Waals surface area contributed by atoms with Gasteiger partial charge in [0.1, 0.15) is 12.2 Å². The Hall–Kier alpha value is -2.43. The first-order chi connectivity index (χ1) is 11.6. The molecular formula is C16H16ClN5O2. The number of nitrogens with zero attached hydrogens (tertiary/aromatic N) is 4. The molecule has 0 aliphatic carbocycles. The lowest BCUT2D eigenvalue weighted by Crippen LogP contribution is -2.36. The fourth-order valence-electron chi connectivity index (χ4n) is 2.85.